The number of nitrogens with one attached hydrogen (secondary N) is 1. The Morgan fingerprint density at radius 1 is 1.11 bits per heavy atom. The monoisotopic (exact) mass is 491 g/mol. The molecule has 4 rings (SSSR count). The van der Waals surface area contributed by atoms with Crippen LogP contribution in [-0.2, 0) is 4.74 Å². The molecule has 9 heteroatoms. The van der Waals surface area contributed by atoms with E-state index in [1.807, 2.05) is 82.3 Å². The van der Waals surface area contributed by atoms with Crippen LogP contribution < -0.4 is 15.8 Å². The molecular weight excluding hydrogens is 458 g/mol. The summed E-state index contributed by atoms with van der Waals surface area (Å²) < 4.78 is 13.2. The second-order valence-electron chi connectivity index (χ2n) is 9.71. The number of aromatic nitrogens is 2. The fourth-order valence-electron chi connectivity index (χ4n) is 4.17. The smallest absolute Gasteiger partial charge is 0.410 e. The average Bonchev–Trinajstić information content (AvgIpc) is 3.23. The maximum absolute atomic E-state index is 12.7. The van der Waals surface area contributed by atoms with Gasteiger partial charge >= 0.3 is 6.09 Å². The van der Waals surface area contributed by atoms with Gasteiger partial charge in [-0.3, -0.25) is 4.79 Å². The van der Waals surface area contributed by atoms with Crippen molar-refractivity contribution in [1.82, 2.24) is 14.7 Å². The number of amides is 2. The summed E-state index contributed by atoms with van der Waals surface area (Å²) >= 11 is 0. The number of primary amides is 1. The van der Waals surface area contributed by atoms with Crippen LogP contribution in [0.25, 0.3) is 11.3 Å². The zero-order valence-electron chi connectivity index (χ0n) is 21.2. The SMILES string of the molecule is CCN(CC1CCNc2c(C(N)=O)c(-c3ccc(Oc4ccccc4)cc3)nn21)C(=O)OC(C)(C)C. The van der Waals surface area contributed by atoms with Gasteiger partial charge < -0.3 is 25.4 Å². The van der Waals surface area contributed by atoms with Gasteiger partial charge in [0.25, 0.3) is 5.91 Å². The third-order valence-corrected chi connectivity index (χ3v) is 5.84. The molecule has 0 bridgehead atoms. The van der Waals surface area contributed by atoms with E-state index in [4.69, 9.17) is 20.3 Å². The van der Waals surface area contributed by atoms with E-state index in [1.165, 1.54) is 0 Å². The van der Waals surface area contributed by atoms with Crippen LogP contribution in [0.5, 0.6) is 11.5 Å². The zero-order chi connectivity index (χ0) is 25.9. The van der Waals surface area contributed by atoms with Crippen molar-refractivity contribution in [3.63, 3.8) is 0 Å². The van der Waals surface area contributed by atoms with E-state index < -0.39 is 11.5 Å². The van der Waals surface area contributed by atoms with Gasteiger partial charge in [0.05, 0.1) is 6.04 Å². The van der Waals surface area contributed by atoms with Crippen LogP contribution >= 0.6 is 0 Å². The third-order valence-electron chi connectivity index (χ3n) is 5.84. The lowest BCUT2D eigenvalue weighted by molar-refractivity contribution is 0.0228. The number of ether oxygens (including phenoxy) is 2. The molecule has 2 amide bonds. The normalized spacial score (nSPS) is 14.9. The van der Waals surface area contributed by atoms with Crippen molar-refractivity contribution >= 4 is 17.8 Å². The molecule has 9 nitrogen and oxygen atoms in total. The zero-order valence-corrected chi connectivity index (χ0v) is 21.2. The molecule has 1 atom stereocenters. The lowest BCUT2D eigenvalue weighted by Crippen LogP contribution is -2.41. The molecular formula is C27H33N5O4. The molecule has 0 saturated heterocycles. The number of anilines is 1. The van der Waals surface area contributed by atoms with Gasteiger partial charge in [0.2, 0.25) is 0 Å². The van der Waals surface area contributed by atoms with Crippen molar-refractivity contribution < 1.29 is 19.1 Å². The summed E-state index contributed by atoms with van der Waals surface area (Å²) in [7, 11) is 0. The summed E-state index contributed by atoms with van der Waals surface area (Å²) in [5.41, 5.74) is 6.78. The first-order valence-corrected chi connectivity index (χ1v) is 12.1. The quantitative estimate of drug-likeness (QED) is 0.478. The largest absolute Gasteiger partial charge is 0.457 e. The van der Waals surface area contributed by atoms with Crippen molar-refractivity contribution in [1.29, 1.82) is 0 Å². The summed E-state index contributed by atoms with van der Waals surface area (Å²) in [6.07, 6.45) is 0.358. The molecule has 0 spiro atoms. The summed E-state index contributed by atoms with van der Waals surface area (Å²) in [6, 6.07) is 16.7. The number of likely N-dealkylation sites (N-methyl/N-ethyl adjacent to an activating group) is 1. The number of carbonyl (C=O) groups is 2. The number of hydrogen-bond donors (Lipinski definition) is 2. The molecule has 3 aromatic rings. The average molecular weight is 492 g/mol. The number of para-hydroxylation sites is 1. The fraction of sp³-hybridized carbons (Fsp3) is 0.370. The molecule has 1 aliphatic rings. The van der Waals surface area contributed by atoms with E-state index in [2.05, 4.69) is 5.32 Å². The molecule has 0 radical (unpaired) electrons. The molecule has 2 aromatic carbocycles. The second kappa shape index (κ2) is 10.3. The van der Waals surface area contributed by atoms with Gasteiger partial charge in [-0.2, -0.15) is 5.10 Å². The number of fused-ring (bicyclic) bond motifs is 1. The van der Waals surface area contributed by atoms with Gasteiger partial charge in [0, 0.05) is 25.2 Å². The van der Waals surface area contributed by atoms with Gasteiger partial charge in [-0.15, -0.1) is 0 Å². The van der Waals surface area contributed by atoms with Crippen LogP contribution in [0.1, 0.15) is 50.5 Å². The molecule has 1 unspecified atom stereocenters. The Bertz CT molecular complexity index is 1220. The first-order chi connectivity index (χ1) is 17.2. The second-order valence-corrected chi connectivity index (χ2v) is 9.71. The summed E-state index contributed by atoms with van der Waals surface area (Å²) in [4.78, 5) is 26.9. The lowest BCUT2D eigenvalue weighted by Gasteiger charge is -2.32. The number of nitrogens with zero attached hydrogens (tertiary/aromatic N) is 3. The topological polar surface area (TPSA) is 112 Å². The van der Waals surface area contributed by atoms with Crippen LogP contribution in [0.15, 0.2) is 54.6 Å². The predicted octanol–water partition coefficient (Wildman–Crippen LogP) is 5.06. The Kier molecular flexibility index (Phi) is 7.19. The molecule has 0 aliphatic carbocycles. The van der Waals surface area contributed by atoms with Crippen molar-refractivity contribution in [3.8, 4) is 22.8 Å². The molecule has 1 aromatic heterocycles. The number of carbonyl (C=O) groups excluding carboxylic acids is 2. The van der Waals surface area contributed by atoms with Crippen molar-refractivity contribution in [2.75, 3.05) is 25.0 Å². The highest BCUT2D eigenvalue weighted by atomic mass is 16.6. The minimum atomic E-state index is -0.585. The number of hydrogen-bond acceptors (Lipinski definition) is 6. The minimum absolute atomic E-state index is 0.138. The fourth-order valence-corrected chi connectivity index (χ4v) is 4.17. The molecule has 0 saturated carbocycles. The molecule has 2 heterocycles. The Morgan fingerprint density at radius 2 is 1.78 bits per heavy atom. The van der Waals surface area contributed by atoms with Crippen molar-refractivity contribution in [3.05, 3.63) is 60.2 Å². The van der Waals surface area contributed by atoms with Crippen molar-refractivity contribution in [2.45, 2.75) is 45.8 Å². The van der Waals surface area contributed by atoms with E-state index in [9.17, 15) is 9.59 Å². The molecule has 190 valence electrons. The van der Waals surface area contributed by atoms with Crippen LogP contribution in [0, 0.1) is 0 Å². The van der Waals surface area contributed by atoms with E-state index in [0.717, 1.165) is 17.7 Å². The van der Waals surface area contributed by atoms with E-state index >= 15 is 0 Å². The lowest BCUT2D eigenvalue weighted by atomic mass is 10.1. The van der Waals surface area contributed by atoms with Gasteiger partial charge in [-0.05, 0) is 70.5 Å². The first kappa shape index (κ1) is 25.1. The Labute approximate surface area is 211 Å². The minimum Gasteiger partial charge on any atom is -0.457 e. The van der Waals surface area contributed by atoms with Crippen LogP contribution in [-0.4, -0.2) is 51.9 Å². The number of rotatable bonds is 7. The summed E-state index contributed by atoms with van der Waals surface area (Å²) in [5.74, 6) is 1.40. The van der Waals surface area contributed by atoms with E-state index in [-0.39, 0.29) is 12.1 Å². The Balaban J connectivity index is 1.61. The van der Waals surface area contributed by atoms with Gasteiger partial charge in [0.15, 0.2) is 0 Å². The standard InChI is InChI=1S/C27H33N5O4/c1-5-31(26(34)36-27(2,3)4)17-19-15-16-29-25-22(24(28)33)23(30-32(19)25)18-11-13-21(14-12-18)35-20-9-7-6-8-10-20/h6-14,19,29H,5,15-17H2,1-4H3,(H2,28,33). The maximum Gasteiger partial charge on any atom is 0.410 e. The Morgan fingerprint density at radius 3 is 2.39 bits per heavy atom. The molecule has 3 N–H and O–H groups in total. The van der Waals surface area contributed by atoms with E-state index in [0.29, 0.717) is 42.5 Å². The van der Waals surface area contributed by atoms with Crippen molar-refractivity contribution in [2.24, 2.45) is 5.73 Å². The molecule has 36 heavy (non-hydrogen) atoms. The van der Waals surface area contributed by atoms with Crippen LogP contribution in [0.3, 0.4) is 0 Å². The van der Waals surface area contributed by atoms with Gasteiger partial charge in [0.1, 0.15) is 34.2 Å². The highest BCUT2D eigenvalue weighted by Gasteiger charge is 2.32. The predicted molar refractivity (Wildman–Crippen MR) is 138 cm³/mol. The first-order valence-electron chi connectivity index (χ1n) is 12.1. The third kappa shape index (κ3) is 5.62. The highest BCUT2D eigenvalue weighted by Crippen LogP contribution is 2.35. The van der Waals surface area contributed by atoms with Gasteiger partial charge in [-0.25, -0.2) is 9.48 Å². The summed E-state index contributed by atoms with van der Waals surface area (Å²) in [6.45, 7) is 8.97. The summed E-state index contributed by atoms with van der Waals surface area (Å²) in [5, 5.41) is 8.07. The molecule has 0 fully saturated rings. The maximum atomic E-state index is 12.7. The van der Waals surface area contributed by atoms with Crippen LogP contribution in [0.2, 0.25) is 0 Å². The number of benzene rings is 2. The Hall–Kier alpha value is -4.01. The highest BCUT2D eigenvalue weighted by molar-refractivity contribution is 6.03. The van der Waals surface area contributed by atoms with Gasteiger partial charge in [-0.1, -0.05) is 18.2 Å². The molecule has 1 aliphatic heterocycles. The van der Waals surface area contributed by atoms with Crippen LogP contribution in [0.4, 0.5) is 10.6 Å². The van der Waals surface area contributed by atoms with E-state index in [1.54, 1.807) is 9.58 Å². The number of nitrogens with two attached hydrogens (primary N) is 1.